The number of carbonyl (C=O) groups is 1. The third-order valence-electron chi connectivity index (χ3n) is 3.88. The van der Waals surface area contributed by atoms with E-state index in [1.165, 1.54) is 12.8 Å². The third-order valence-corrected chi connectivity index (χ3v) is 3.88. The van der Waals surface area contributed by atoms with Gasteiger partial charge in [0.25, 0.3) is 0 Å². The zero-order valence-corrected chi connectivity index (χ0v) is 11.9. The predicted molar refractivity (Wildman–Crippen MR) is 74.0 cm³/mol. The van der Waals surface area contributed by atoms with Crippen LogP contribution in [0.5, 0.6) is 0 Å². The Morgan fingerprint density at radius 1 is 1.33 bits per heavy atom. The largest absolute Gasteiger partial charge is 0.368 e. The second-order valence-electron chi connectivity index (χ2n) is 5.26. The Morgan fingerprint density at radius 2 is 2.17 bits per heavy atom. The number of hydrogen-bond acceptors (Lipinski definition) is 3. The van der Waals surface area contributed by atoms with Crippen molar-refractivity contribution in [3.8, 4) is 0 Å². The molecule has 0 bridgehead atoms. The van der Waals surface area contributed by atoms with Crippen LogP contribution in [0.3, 0.4) is 0 Å². The zero-order chi connectivity index (χ0) is 12.1. The molecular formula is C13H25ClN2O2. The van der Waals surface area contributed by atoms with Crippen LogP contribution >= 0.6 is 12.4 Å². The van der Waals surface area contributed by atoms with Crippen LogP contribution in [0.15, 0.2) is 0 Å². The van der Waals surface area contributed by atoms with E-state index in [9.17, 15) is 4.79 Å². The van der Waals surface area contributed by atoms with Crippen LogP contribution in [0.1, 0.15) is 39.0 Å². The average Bonchev–Trinajstić information content (AvgIpc) is 2.40. The van der Waals surface area contributed by atoms with Crippen molar-refractivity contribution in [2.45, 2.75) is 51.2 Å². The highest BCUT2D eigenvalue weighted by Gasteiger charge is 2.26. The number of carbonyl (C=O) groups excluding carboxylic acids is 1. The third kappa shape index (κ3) is 4.41. The van der Waals surface area contributed by atoms with Gasteiger partial charge in [-0.15, -0.1) is 12.4 Å². The summed E-state index contributed by atoms with van der Waals surface area (Å²) >= 11 is 0. The molecular weight excluding hydrogens is 252 g/mol. The second-order valence-corrected chi connectivity index (χ2v) is 5.26. The Bertz CT molecular complexity index is 251. The first-order valence-electron chi connectivity index (χ1n) is 6.90. The Hall–Kier alpha value is -0.320. The van der Waals surface area contributed by atoms with Crippen LogP contribution in [0.4, 0.5) is 0 Å². The average molecular weight is 277 g/mol. The van der Waals surface area contributed by atoms with E-state index in [0.717, 1.165) is 39.0 Å². The number of halogens is 1. The lowest BCUT2D eigenvalue weighted by molar-refractivity contribution is -0.136. The fourth-order valence-corrected chi connectivity index (χ4v) is 2.69. The van der Waals surface area contributed by atoms with Gasteiger partial charge in [-0.1, -0.05) is 0 Å². The summed E-state index contributed by atoms with van der Waals surface area (Å²) in [5.74, 6) is 0.652. The second kappa shape index (κ2) is 7.97. The van der Waals surface area contributed by atoms with Crippen molar-refractivity contribution >= 4 is 18.3 Å². The highest BCUT2D eigenvalue weighted by atomic mass is 35.5. The van der Waals surface area contributed by atoms with Crippen molar-refractivity contribution in [2.75, 3.05) is 19.7 Å². The van der Waals surface area contributed by atoms with Crippen molar-refractivity contribution in [1.82, 2.24) is 10.6 Å². The van der Waals surface area contributed by atoms with Gasteiger partial charge in [0.2, 0.25) is 5.91 Å². The van der Waals surface area contributed by atoms with Crippen LogP contribution in [0.25, 0.3) is 0 Å². The lowest BCUT2D eigenvalue weighted by Gasteiger charge is -2.30. The maximum atomic E-state index is 12.0. The van der Waals surface area contributed by atoms with E-state index in [0.29, 0.717) is 5.92 Å². The van der Waals surface area contributed by atoms with Gasteiger partial charge >= 0.3 is 0 Å². The minimum Gasteiger partial charge on any atom is -0.368 e. The molecule has 2 fully saturated rings. The van der Waals surface area contributed by atoms with Crippen molar-refractivity contribution < 1.29 is 9.53 Å². The predicted octanol–water partition coefficient (Wildman–Crippen LogP) is 1.48. The Labute approximate surface area is 116 Å². The first kappa shape index (κ1) is 15.7. The molecule has 0 saturated carbocycles. The number of hydrogen-bond donors (Lipinski definition) is 2. The molecule has 2 saturated heterocycles. The molecule has 0 radical (unpaired) electrons. The summed E-state index contributed by atoms with van der Waals surface area (Å²) in [5, 5.41) is 6.50. The van der Waals surface area contributed by atoms with Crippen molar-refractivity contribution in [3.05, 3.63) is 0 Å². The smallest absolute Gasteiger partial charge is 0.249 e. The summed E-state index contributed by atoms with van der Waals surface area (Å²) < 4.78 is 5.50. The Balaban J connectivity index is 0.00000162. The van der Waals surface area contributed by atoms with Crippen LogP contribution in [-0.4, -0.2) is 37.7 Å². The quantitative estimate of drug-likeness (QED) is 0.821. The number of ether oxygens (including phenoxy) is 1. The van der Waals surface area contributed by atoms with Crippen LogP contribution in [-0.2, 0) is 9.53 Å². The molecule has 18 heavy (non-hydrogen) atoms. The fourth-order valence-electron chi connectivity index (χ4n) is 2.69. The summed E-state index contributed by atoms with van der Waals surface area (Å²) in [5.41, 5.74) is 0. The van der Waals surface area contributed by atoms with Gasteiger partial charge in [0, 0.05) is 12.6 Å². The first-order valence-corrected chi connectivity index (χ1v) is 6.90. The van der Waals surface area contributed by atoms with E-state index in [2.05, 4.69) is 17.6 Å². The number of amides is 1. The summed E-state index contributed by atoms with van der Waals surface area (Å²) in [6, 6.07) is 0.251. The molecule has 1 amide bonds. The van der Waals surface area contributed by atoms with E-state index in [4.69, 9.17) is 4.74 Å². The molecule has 0 spiro atoms. The first-order chi connectivity index (χ1) is 8.27. The van der Waals surface area contributed by atoms with Crippen molar-refractivity contribution in [1.29, 1.82) is 0 Å². The topological polar surface area (TPSA) is 50.4 Å². The van der Waals surface area contributed by atoms with Gasteiger partial charge < -0.3 is 15.4 Å². The van der Waals surface area contributed by atoms with Crippen molar-refractivity contribution in [2.24, 2.45) is 5.92 Å². The van der Waals surface area contributed by atoms with Gasteiger partial charge in [0.1, 0.15) is 6.10 Å². The highest BCUT2D eigenvalue weighted by molar-refractivity contribution is 5.85. The monoisotopic (exact) mass is 276 g/mol. The summed E-state index contributed by atoms with van der Waals surface area (Å²) in [7, 11) is 0. The lowest BCUT2D eigenvalue weighted by Crippen LogP contribution is -2.48. The molecule has 2 N–H and O–H groups in total. The van der Waals surface area contributed by atoms with Gasteiger partial charge in [-0.25, -0.2) is 0 Å². The summed E-state index contributed by atoms with van der Waals surface area (Å²) in [6.07, 6.45) is 5.29. The van der Waals surface area contributed by atoms with Crippen LogP contribution < -0.4 is 10.6 Å². The SMILES string of the molecule is CC(NC(=O)C1CCCCO1)C1CCCNC1.Cl. The number of piperidine rings is 1. The minimum absolute atomic E-state index is 0. The summed E-state index contributed by atoms with van der Waals surface area (Å²) in [6.45, 7) is 4.98. The standard InChI is InChI=1S/C13H24N2O2.ClH/c1-10(11-5-4-7-14-9-11)15-13(16)12-6-2-3-8-17-12;/h10-12,14H,2-9H2,1H3,(H,15,16);1H. The van der Waals surface area contributed by atoms with Gasteiger partial charge in [0.15, 0.2) is 0 Å². The van der Waals surface area contributed by atoms with Gasteiger partial charge in [0.05, 0.1) is 0 Å². The molecule has 2 aliphatic rings. The van der Waals surface area contributed by atoms with Gasteiger partial charge in [-0.05, 0) is 58.0 Å². The molecule has 0 aromatic rings. The van der Waals surface area contributed by atoms with Crippen molar-refractivity contribution in [3.63, 3.8) is 0 Å². The molecule has 2 rings (SSSR count). The number of nitrogens with one attached hydrogen (secondary N) is 2. The minimum atomic E-state index is -0.206. The van der Waals surface area contributed by atoms with E-state index in [-0.39, 0.29) is 30.5 Å². The lowest BCUT2D eigenvalue weighted by atomic mass is 9.92. The molecule has 2 aliphatic heterocycles. The molecule has 0 aromatic heterocycles. The molecule has 0 aliphatic carbocycles. The highest BCUT2D eigenvalue weighted by Crippen LogP contribution is 2.16. The Kier molecular flexibility index (Phi) is 6.97. The van der Waals surface area contributed by atoms with E-state index in [1.54, 1.807) is 0 Å². The molecule has 0 aromatic carbocycles. The normalized spacial score (nSPS) is 30.1. The van der Waals surface area contributed by atoms with E-state index in [1.807, 2.05) is 0 Å². The molecule has 2 heterocycles. The van der Waals surface area contributed by atoms with Gasteiger partial charge in [-0.3, -0.25) is 4.79 Å². The van der Waals surface area contributed by atoms with E-state index < -0.39 is 0 Å². The van der Waals surface area contributed by atoms with E-state index >= 15 is 0 Å². The maximum Gasteiger partial charge on any atom is 0.249 e. The van der Waals surface area contributed by atoms with Gasteiger partial charge in [-0.2, -0.15) is 0 Å². The molecule has 5 heteroatoms. The fraction of sp³-hybridized carbons (Fsp3) is 0.923. The van der Waals surface area contributed by atoms with Crippen LogP contribution in [0.2, 0.25) is 0 Å². The summed E-state index contributed by atoms with van der Waals surface area (Å²) in [4.78, 5) is 12.0. The molecule has 3 unspecified atom stereocenters. The van der Waals surface area contributed by atoms with Crippen LogP contribution in [0, 0.1) is 5.92 Å². The number of rotatable bonds is 3. The molecule has 4 nitrogen and oxygen atoms in total. The molecule has 106 valence electrons. The zero-order valence-electron chi connectivity index (χ0n) is 11.1. The Morgan fingerprint density at radius 3 is 2.78 bits per heavy atom. The molecule has 3 atom stereocenters. The maximum absolute atomic E-state index is 12.0.